The molecule has 184 valence electrons. The van der Waals surface area contributed by atoms with E-state index < -0.39 is 0 Å². The summed E-state index contributed by atoms with van der Waals surface area (Å²) in [4.78, 5) is 21.2. The van der Waals surface area contributed by atoms with Crippen molar-refractivity contribution in [3.05, 3.63) is 97.1 Å². The van der Waals surface area contributed by atoms with Gasteiger partial charge in [0, 0.05) is 24.2 Å². The summed E-state index contributed by atoms with van der Waals surface area (Å²) in [6, 6.07) is 8.48. The number of aromatic nitrogens is 4. The van der Waals surface area contributed by atoms with Gasteiger partial charge in [-0.1, -0.05) is 0 Å². The number of hydrogen-bond acceptors (Lipinski definition) is 4. The van der Waals surface area contributed by atoms with Crippen molar-refractivity contribution >= 4 is 27.8 Å². The zero-order valence-corrected chi connectivity index (χ0v) is 21.9. The van der Waals surface area contributed by atoms with Crippen LogP contribution in [0.5, 0.6) is 0 Å². The molecule has 7 nitrogen and oxygen atoms in total. The maximum absolute atomic E-state index is 12.2. The van der Waals surface area contributed by atoms with Gasteiger partial charge in [-0.05, 0) is 112 Å². The molecule has 0 atom stereocenters. The van der Waals surface area contributed by atoms with Gasteiger partial charge in [0.2, 0.25) is 0 Å². The van der Waals surface area contributed by atoms with Crippen LogP contribution in [0.3, 0.4) is 0 Å². The van der Waals surface area contributed by atoms with Crippen molar-refractivity contribution in [1.29, 1.82) is 0 Å². The fourth-order valence-corrected chi connectivity index (χ4v) is 5.28. The Bertz CT molecular complexity index is 1570. The molecule has 0 amide bonds. The van der Waals surface area contributed by atoms with Crippen LogP contribution in [0, 0.1) is 58.6 Å². The van der Waals surface area contributed by atoms with Crippen molar-refractivity contribution in [2.24, 2.45) is 0 Å². The second kappa shape index (κ2) is 8.59. The smallest absolute Gasteiger partial charge is 0.275 e. The average molecular weight is 482 g/mol. The van der Waals surface area contributed by atoms with E-state index in [1.165, 1.54) is 22.3 Å². The first-order chi connectivity index (χ1) is 17.1. The van der Waals surface area contributed by atoms with Crippen LogP contribution in [-0.4, -0.2) is 24.0 Å². The van der Waals surface area contributed by atoms with Gasteiger partial charge in [0.15, 0.2) is 0 Å². The topological polar surface area (TPSA) is 78.8 Å². The maximum atomic E-state index is 12.2. The van der Waals surface area contributed by atoms with Gasteiger partial charge in [0.1, 0.15) is 0 Å². The molecule has 0 aliphatic heterocycles. The Morgan fingerprint density at radius 3 is 1.44 bits per heavy atom. The molecule has 0 N–H and O–H groups in total. The lowest BCUT2D eigenvalue weighted by Gasteiger charge is -2.19. The molecule has 5 rings (SSSR count). The Morgan fingerprint density at radius 2 is 1.06 bits per heavy atom. The number of nitro benzene ring substituents is 1. The molecule has 0 aliphatic rings. The summed E-state index contributed by atoms with van der Waals surface area (Å²) in [6.45, 7) is 15.2. The average Bonchev–Trinajstić information content (AvgIpc) is 3.38. The molecule has 0 unspecified atom stereocenters. The summed E-state index contributed by atoms with van der Waals surface area (Å²) in [5, 5.41) is 12.2. The van der Waals surface area contributed by atoms with Crippen molar-refractivity contribution in [2.45, 2.75) is 61.6 Å². The molecule has 5 aromatic rings. The van der Waals surface area contributed by atoms with Crippen LogP contribution in [0.25, 0.3) is 22.1 Å². The molecule has 0 aliphatic carbocycles. The van der Waals surface area contributed by atoms with E-state index in [0.29, 0.717) is 24.2 Å². The van der Waals surface area contributed by atoms with Gasteiger partial charge in [-0.15, -0.1) is 0 Å². The number of nitro groups is 1. The summed E-state index contributed by atoms with van der Waals surface area (Å²) >= 11 is 0. The Kier molecular flexibility index (Phi) is 5.66. The molecule has 3 aromatic carbocycles. The molecule has 7 heteroatoms. The van der Waals surface area contributed by atoms with Gasteiger partial charge < -0.3 is 9.13 Å². The van der Waals surface area contributed by atoms with Crippen molar-refractivity contribution in [3.8, 4) is 0 Å². The minimum Gasteiger partial charge on any atom is -0.326 e. The molecular weight excluding hydrogens is 450 g/mol. The van der Waals surface area contributed by atoms with Gasteiger partial charge in [-0.25, -0.2) is 9.97 Å². The number of nitrogens with zero attached hydrogens (tertiary/aromatic N) is 5. The van der Waals surface area contributed by atoms with Gasteiger partial charge in [0.25, 0.3) is 5.69 Å². The van der Waals surface area contributed by atoms with Gasteiger partial charge >= 0.3 is 0 Å². The summed E-state index contributed by atoms with van der Waals surface area (Å²) in [6.07, 6.45) is 3.67. The van der Waals surface area contributed by atoms with Crippen LogP contribution >= 0.6 is 0 Å². The highest BCUT2D eigenvalue weighted by Gasteiger charge is 2.25. The van der Waals surface area contributed by atoms with E-state index >= 15 is 0 Å². The zero-order valence-electron chi connectivity index (χ0n) is 21.9. The largest absolute Gasteiger partial charge is 0.326 e. The van der Waals surface area contributed by atoms with E-state index in [9.17, 15) is 10.1 Å². The Morgan fingerprint density at radius 1 is 0.667 bits per heavy atom. The van der Waals surface area contributed by atoms with Gasteiger partial charge in [-0.3, -0.25) is 10.1 Å². The summed E-state index contributed by atoms with van der Waals surface area (Å²) in [7, 11) is 0. The lowest BCUT2D eigenvalue weighted by atomic mass is 9.91. The molecule has 2 aromatic heterocycles. The Balaban J connectivity index is 1.66. The van der Waals surface area contributed by atoms with Gasteiger partial charge in [0.05, 0.1) is 39.6 Å². The van der Waals surface area contributed by atoms with Crippen LogP contribution < -0.4 is 0 Å². The maximum Gasteiger partial charge on any atom is 0.275 e. The molecule has 0 saturated heterocycles. The predicted molar refractivity (Wildman–Crippen MR) is 144 cm³/mol. The first-order valence-electron chi connectivity index (χ1n) is 12.2. The standard InChI is InChI=1S/C29H31N5O2/c1-16-8-25-27(10-18(16)3)32(14-30-25)12-23-20(5)24(22(7)29(21(23)6)34(35)36)13-33-15-31-26-9-17(2)19(4)11-28(26)33/h8-11,14-15H,12-13H2,1-7H3. The van der Waals surface area contributed by atoms with E-state index in [-0.39, 0.29) is 10.6 Å². The van der Waals surface area contributed by atoms with Crippen molar-refractivity contribution in [3.63, 3.8) is 0 Å². The second-order valence-corrected chi connectivity index (χ2v) is 10.0. The first kappa shape index (κ1) is 23.7. The molecule has 0 spiro atoms. The molecule has 0 saturated carbocycles. The third kappa shape index (κ3) is 3.75. The van der Waals surface area contributed by atoms with E-state index in [4.69, 9.17) is 0 Å². The summed E-state index contributed by atoms with van der Waals surface area (Å²) < 4.78 is 4.19. The number of aryl methyl sites for hydroxylation is 4. The van der Waals surface area contributed by atoms with Gasteiger partial charge in [-0.2, -0.15) is 0 Å². The van der Waals surface area contributed by atoms with Crippen LogP contribution in [0.1, 0.15) is 50.1 Å². The van der Waals surface area contributed by atoms with E-state index in [1.807, 2.05) is 26.5 Å². The summed E-state index contributed by atoms with van der Waals surface area (Å²) in [5.41, 5.74) is 13.4. The Labute approximate surface area is 210 Å². The first-order valence-corrected chi connectivity index (χ1v) is 12.2. The lowest BCUT2D eigenvalue weighted by Crippen LogP contribution is -2.12. The number of imidazole rings is 2. The molecule has 0 radical (unpaired) electrons. The van der Waals surface area contributed by atoms with Crippen LogP contribution in [0.4, 0.5) is 5.69 Å². The summed E-state index contributed by atoms with van der Waals surface area (Å²) in [5.74, 6) is 0. The molecule has 36 heavy (non-hydrogen) atoms. The Hall–Kier alpha value is -4.00. The number of hydrogen-bond donors (Lipinski definition) is 0. The molecule has 0 fully saturated rings. The SMILES string of the molecule is Cc1cc2ncn(Cc3c(C)c(Cn4cnc5cc(C)c(C)cc54)c(C)c([N+](=O)[O-])c3C)c2cc1C. The second-order valence-electron chi connectivity index (χ2n) is 10.0. The van der Waals surface area contributed by atoms with Crippen molar-refractivity contribution < 1.29 is 4.92 Å². The fraction of sp³-hybridized carbons (Fsp3) is 0.310. The highest BCUT2D eigenvalue weighted by atomic mass is 16.6. The van der Waals surface area contributed by atoms with Crippen LogP contribution in [0.15, 0.2) is 36.9 Å². The van der Waals surface area contributed by atoms with E-state index in [0.717, 1.165) is 38.8 Å². The predicted octanol–water partition coefficient (Wildman–Crippen LogP) is 6.55. The van der Waals surface area contributed by atoms with Crippen molar-refractivity contribution in [1.82, 2.24) is 19.1 Å². The molecular formula is C29H31N5O2. The van der Waals surface area contributed by atoms with Crippen molar-refractivity contribution in [2.75, 3.05) is 0 Å². The highest BCUT2D eigenvalue weighted by molar-refractivity contribution is 5.78. The molecule has 2 heterocycles. The van der Waals surface area contributed by atoms with E-state index in [2.05, 4.69) is 78.0 Å². The van der Waals surface area contributed by atoms with E-state index in [1.54, 1.807) is 0 Å². The number of benzene rings is 3. The minimum absolute atomic E-state index is 0.193. The fourth-order valence-electron chi connectivity index (χ4n) is 5.28. The molecule has 0 bridgehead atoms. The lowest BCUT2D eigenvalue weighted by molar-refractivity contribution is -0.386. The van der Waals surface area contributed by atoms with Crippen LogP contribution in [-0.2, 0) is 13.1 Å². The highest BCUT2D eigenvalue weighted by Crippen LogP contribution is 2.35. The monoisotopic (exact) mass is 481 g/mol. The third-order valence-electron chi connectivity index (χ3n) is 7.83. The van der Waals surface area contributed by atoms with Crippen LogP contribution in [0.2, 0.25) is 0 Å². The minimum atomic E-state index is -0.240. The third-order valence-corrected chi connectivity index (χ3v) is 7.83. The zero-order chi connectivity index (χ0) is 25.9. The number of rotatable bonds is 5. The number of fused-ring (bicyclic) bond motifs is 2. The quantitative estimate of drug-likeness (QED) is 0.211. The normalized spacial score (nSPS) is 11.6.